The van der Waals surface area contributed by atoms with Crippen molar-refractivity contribution in [2.45, 2.75) is 32.6 Å². The summed E-state index contributed by atoms with van der Waals surface area (Å²) in [5.74, 6) is -0.813. The van der Waals surface area contributed by atoms with Crippen LogP contribution in [0.4, 0.5) is 10.5 Å². The normalized spacial score (nSPS) is 16.7. The molecule has 0 radical (unpaired) electrons. The molecule has 1 aromatic carbocycles. The lowest BCUT2D eigenvalue weighted by Crippen LogP contribution is -2.46. The van der Waals surface area contributed by atoms with E-state index < -0.39 is 17.5 Å². The second-order valence-corrected chi connectivity index (χ2v) is 7.26. The standard InChI is InChI=1S/C17H23BrN2O4/c1-12-11-13(18)3-4-14(12)19-8-2-5-17(15(21)22)6-9-20(10-7-17)16(23)24/h3-4,11,19H,2,5-10H2,1H3,(H,21,22)(H,23,24). The van der Waals surface area contributed by atoms with E-state index in [9.17, 15) is 14.7 Å². The predicted molar refractivity (Wildman–Crippen MR) is 95.5 cm³/mol. The average molecular weight is 399 g/mol. The lowest BCUT2D eigenvalue weighted by molar-refractivity contribution is -0.152. The van der Waals surface area contributed by atoms with Crippen molar-refractivity contribution in [1.29, 1.82) is 0 Å². The molecule has 3 N–H and O–H groups in total. The molecule has 1 heterocycles. The maximum absolute atomic E-state index is 11.7. The van der Waals surface area contributed by atoms with Crippen molar-refractivity contribution in [2.75, 3.05) is 25.0 Å². The molecule has 2 rings (SSSR count). The van der Waals surface area contributed by atoms with Crippen LogP contribution in [-0.2, 0) is 4.79 Å². The molecule has 1 amide bonds. The highest BCUT2D eigenvalue weighted by molar-refractivity contribution is 9.10. The van der Waals surface area contributed by atoms with Gasteiger partial charge in [0, 0.05) is 29.8 Å². The molecule has 0 saturated carbocycles. The van der Waals surface area contributed by atoms with Crippen LogP contribution >= 0.6 is 15.9 Å². The SMILES string of the molecule is Cc1cc(Br)ccc1NCCCC1(C(=O)O)CCN(C(=O)O)CC1. The van der Waals surface area contributed by atoms with Gasteiger partial charge in [-0.15, -0.1) is 0 Å². The van der Waals surface area contributed by atoms with Gasteiger partial charge in [0.2, 0.25) is 0 Å². The van der Waals surface area contributed by atoms with Crippen LogP contribution in [0, 0.1) is 12.3 Å². The first kappa shape index (κ1) is 18.6. The largest absolute Gasteiger partial charge is 0.481 e. The third-order valence-corrected chi connectivity index (χ3v) is 5.27. The summed E-state index contributed by atoms with van der Waals surface area (Å²) < 4.78 is 1.03. The number of hydrogen-bond donors (Lipinski definition) is 3. The molecule has 6 nitrogen and oxygen atoms in total. The van der Waals surface area contributed by atoms with Crippen LogP contribution in [-0.4, -0.2) is 46.8 Å². The van der Waals surface area contributed by atoms with E-state index in [-0.39, 0.29) is 0 Å². The Morgan fingerprint density at radius 2 is 1.96 bits per heavy atom. The quantitative estimate of drug-likeness (QED) is 0.634. The third kappa shape index (κ3) is 4.41. The highest BCUT2D eigenvalue weighted by atomic mass is 79.9. The van der Waals surface area contributed by atoms with Crippen molar-refractivity contribution >= 4 is 33.7 Å². The average Bonchev–Trinajstić information content (AvgIpc) is 2.53. The zero-order valence-electron chi connectivity index (χ0n) is 13.7. The number of hydrogen-bond acceptors (Lipinski definition) is 3. The van der Waals surface area contributed by atoms with Gasteiger partial charge >= 0.3 is 12.1 Å². The highest BCUT2D eigenvalue weighted by Gasteiger charge is 2.41. The third-order valence-electron chi connectivity index (χ3n) is 4.78. The van der Waals surface area contributed by atoms with Crippen LogP contribution in [0.2, 0.25) is 0 Å². The molecule has 0 bridgehead atoms. The molecule has 24 heavy (non-hydrogen) atoms. The van der Waals surface area contributed by atoms with Gasteiger partial charge in [0.25, 0.3) is 0 Å². The van der Waals surface area contributed by atoms with Crippen molar-refractivity contribution in [3.63, 3.8) is 0 Å². The van der Waals surface area contributed by atoms with Crippen LogP contribution in [0.3, 0.4) is 0 Å². The topological polar surface area (TPSA) is 89.9 Å². The minimum absolute atomic E-state index is 0.293. The number of aliphatic carboxylic acids is 1. The summed E-state index contributed by atoms with van der Waals surface area (Å²) >= 11 is 3.43. The summed E-state index contributed by atoms with van der Waals surface area (Å²) in [6.07, 6.45) is 1.08. The molecule has 1 aromatic rings. The Labute approximate surface area is 150 Å². The van der Waals surface area contributed by atoms with E-state index in [1.165, 1.54) is 4.90 Å². The Bertz CT molecular complexity index is 613. The fourth-order valence-electron chi connectivity index (χ4n) is 3.17. The number of likely N-dealkylation sites (tertiary alicyclic amines) is 1. The van der Waals surface area contributed by atoms with Crippen molar-refractivity contribution in [3.8, 4) is 0 Å². The summed E-state index contributed by atoms with van der Waals surface area (Å²) in [6, 6.07) is 6.00. The number of carbonyl (C=O) groups is 2. The van der Waals surface area contributed by atoms with Gasteiger partial charge in [0.05, 0.1) is 5.41 Å². The van der Waals surface area contributed by atoms with Gasteiger partial charge in [-0.3, -0.25) is 4.79 Å². The van der Waals surface area contributed by atoms with Crippen LogP contribution in [0.25, 0.3) is 0 Å². The van der Waals surface area contributed by atoms with Gasteiger partial charge in [0.1, 0.15) is 0 Å². The zero-order chi connectivity index (χ0) is 17.7. The lowest BCUT2D eigenvalue weighted by Gasteiger charge is -2.37. The number of carboxylic acids is 1. The van der Waals surface area contributed by atoms with E-state index in [2.05, 4.69) is 21.2 Å². The van der Waals surface area contributed by atoms with Crippen LogP contribution in [0.15, 0.2) is 22.7 Å². The minimum atomic E-state index is -0.971. The fraction of sp³-hybridized carbons (Fsp3) is 0.529. The number of nitrogens with one attached hydrogen (secondary N) is 1. The molecule has 0 spiro atoms. The number of nitrogens with zero attached hydrogens (tertiary/aromatic N) is 1. The van der Waals surface area contributed by atoms with E-state index in [1.54, 1.807) is 0 Å². The molecule has 0 unspecified atom stereocenters. The van der Waals surface area contributed by atoms with Crippen molar-refractivity contribution in [3.05, 3.63) is 28.2 Å². The van der Waals surface area contributed by atoms with Crippen LogP contribution in [0.1, 0.15) is 31.2 Å². The van der Waals surface area contributed by atoms with E-state index >= 15 is 0 Å². The van der Waals surface area contributed by atoms with Crippen LogP contribution in [0.5, 0.6) is 0 Å². The Balaban J connectivity index is 1.86. The van der Waals surface area contributed by atoms with Gasteiger partial charge in [-0.05, 0) is 56.4 Å². The van der Waals surface area contributed by atoms with Crippen molar-refractivity contribution in [2.24, 2.45) is 5.41 Å². The summed E-state index contributed by atoms with van der Waals surface area (Å²) in [4.78, 5) is 24.0. The molecular formula is C17H23BrN2O4. The molecule has 1 fully saturated rings. The second kappa shape index (κ2) is 7.88. The zero-order valence-corrected chi connectivity index (χ0v) is 15.3. The molecule has 1 aliphatic heterocycles. The smallest absolute Gasteiger partial charge is 0.407 e. The Morgan fingerprint density at radius 3 is 2.50 bits per heavy atom. The molecule has 0 atom stereocenters. The highest BCUT2D eigenvalue weighted by Crippen LogP contribution is 2.36. The first-order chi connectivity index (χ1) is 11.3. The number of carboxylic acid groups (broad SMARTS) is 2. The Hall–Kier alpha value is -1.76. The van der Waals surface area contributed by atoms with Gasteiger partial charge in [-0.25, -0.2) is 4.79 Å². The molecule has 1 saturated heterocycles. The molecular weight excluding hydrogens is 376 g/mol. The van der Waals surface area contributed by atoms with Gasteiger partial charge in [0.15, 0.2) is 0 Å². The second-order valence-electron chi connectivity index (χ2n) is 6.34. The summed E-state index contributed by atoms with van der Waals surface area (Å²) in [5.41, 5.74) is 1.37. The molecule has 0 aliphatic carbocycles. The molecule has 0 aromatic heterocycles. The lowest BCUT2D eigenvalue weighted by atomic mass is 9.75. The molecule has 1 aliphatic rings. The maximum atomic E-state index is 11.7. The Morgan fingerprint density at radius 1 is 1.29 bits per heavy atom. The number of aryl methyl sites for hydroxylation is 1. The number of amides is 1. The predicted octanol–water partition coefficient (Wildman–Crippen LogP) is 3.79. The molecule has 7 heteroatoms. The van der Waals surface area contributed by atoms with Crippen LogP contribution < -0.4 is 5.32 Å². The summed E-state index contributed by atoms with van der Waals surface area (Å²) in [6.45, 7) is 3.30. The van der Waals surface area contributed by atoms with Gasteiger partial charge in [-0.2, -0.15) is 0 Å². The first-order valence-electron chi connectivity index (χ1n) is 8.05. The van der Waals surface area contributed by atoms with E-state index in [0.29, 0.717) is 38.9 Å². The summed E-state index contributed by atoms with van der Waals surface area (Å²) in [5, 5.41) is 22.0. The van der Waals surface area contributed by atoms with E-state index in [0.717, 1.165) is 22.1 Å². The number of rotatable bonds is 6. The first-order valence-corrected chi connectivity index (χ1v) is 8.85. The number of anilines is 1. The fourth-order valence-corrected chi connectivity index (χ4v) is 3.65. The minimum Gasteiger partial charge on any atom is -0.481 e. The van der Waals surface area contributed by atoms with E-state index in [4.69, 9.17) is 5.11 Å². The van der Waals surface area contributed by atoms with Crippen molar-refractivity contribution < 1.29 is 19.8 Å². The van der Waals surface area contributed by atoms with Crippen molar-refractivity contribution in [1.82, 2.24) is 4.90 Å². The number of benzene rings is 1. The number of piperidine rings is 1. The number of halogens is 1. The van der Waals surface area contributed by atoms with Gasteiger partial charge in [-0.1, -0.05) is 15.9 Å². The monoisotopic (exact) mass is 398 g/mol. The summed E-state index contributed by atoms with van der Waals surface area (Å²) in [7, 11) is 0. The Kier molecular flexibility index (Phi) is 6.10. The molecule has 132 valence electrons. The van der Waals surface area contributed by atoms with Gasteiger partial charge < -0.3 is 20.4 Å². The van der Waals surface area contributed by atoms with E-state index in [1.807, 2.05) is 25.1 Å². The maximum Gasteiger partial charge on any atom is 0.407 e.